The van der Waals surface area contributed by atoms with Gasteiger partial charge in [0, 0.05) is 30.1 Å². The van der Waals surface area contributed by atoms with Crippen molar-refractivity contribution in [2.75, 3.05) is 39.5 Å². The van der Waals surface area contributed by atoms with Gasteiger partial charge >= 0.3 is 0 Å². The fourth-order valence-electron chi connectivity index (χ4n) is 5.56. The van der Waals surface area contributed by atoms with Crippen molar-refractivity contribution >= 4 is 11.3 Å². The molecule has 1 saturated heterocycles. The van der Waals surface area contributed by atoms with E-state index in [1.807, 2.05) is 24.3 Å². The molecule has 6 nitrogen and oxygen atoms in total. The van der Waals surface area contributed by atoms with Gasteiger partial charge in [0.2, 0.25) is 5.82 Å². The molecule has 0 spiro atoms. The number of rotatable bonds is 6. The molecule has 3 aromatic rings. The molecule has 6 rings (SSSR count). The molecule has 1 saturated carbocycles. The van der Waals surface area contributed by atoms with Crippen molar-refractivity contribution < 1.29 is 14.0 Å². The zero-order valence-corrected chi connectivity index (χ0v) is 19.7. The molecule has 2 aromatic heterocycles. The Labute approximate surface area is 192 Å². The summed E-state index contributed by atoms with van der Waals surface area (Å²) in [6, 6.07) is 7.96. The quantitative estimate of drug-likeness (QED) is 0.538. The summed E-state index contributed by atoms with van der Waals surface area (Å²) in [7, 11) is 0. The van der Waals surface area contributed by atoms with Gasteiger partial charge in [-0.05, 0) is 66.0 Å². The minimum absolute atomic E-state index is 0.447. The van der Waals surface area contributed by atoms with Crippen LogP contribution in [0.5, 0.6) is 5.75 Å². The van der Waals surface area contributed by atoms with Crippen molar-refractivity contribution in [2.24, 2.45) is 11.3 Å². The van der Waals surface area contributed by atoms with Gasteiger partial charge in [0.1, 0.15) is 12.4 Å². The van der Waals surface area contributed by atoms with Gasteiger partial charge in [-0.15, -0.1) is 11.3 Å². The lowest BCUT2D eigenvalue weighted by molar-refractivity contribution is 0.0322. The molecule has 7 heteroatoms. The SMILES string of the molecule is Cc1sc(-c2nc(-c3ccc(OCCN4CCOCC4)cc3)no2)c2c1[C@H]1[C@@H](C2)C1(C)C. The van der Waals surface area contributed by atoms with Gasteiger partial charge in [-0.3, -0.25) is 4.90 Å². The Kier molecular flexibility index (Phi) is 4.89. The predicted octanol–water partition coefficient (Wildman–Crippen LogP) is 4.78. The molecule has 0 unspecified atom stereocenters. The highest BCUT2D eigenvalue weighted by molar-refractivity contribution is 7.15. The Morgan fingerprint density at radius 2 is 1.97 bits per heavy atom. The third kappa shape index (κ3) is 3.38. The molecule has 2 aliphatic carbocycles. The number of fused-ring (bicyclic) bond motifs is 3. The first-order chi connectivity index (χ1) is 15.5. The van der Waals surface area contributed by atoms with Crippen LogP contribution in [0.1, 0.15) is 35.8 Å². The summed E-state index contributed by atoms with van der Waals surface area (Å²) in [6.07, 6.45) is 1.14. The first-order valence-corrected chi connectivity index (χ1v) is 12.3. The van der Waals surface area contributed by atoms with Gasteiger partial charge in [0.15, 0.2) is 0 Å². The van der Waals surface area contributed by atoms with Gasteiger partial charge < -0.3 is 14.0 Å². The van der Waals surface area contributed by atoms with E-state index >= 15 is 0 Å². The smallest absolute Gasteiger partial charge is 0.268 e. The highest BCUT2D eigenvalue weighted by Gasteiger charge is 2.63. The molecule has 2 fully saturated rings. The fourth-order valence-corrected chi connectivity index (χ4v) is 6.71. The maximum absolute atomic E-state index is 5.91. The minimum atomic E-state index is 0.447. The maximum Gasteiger partial charge on any atom is 0.268 e. The molecule has 1 aromatic carbocycles. The van der Waals surface area contributed by atoms with Gasteiger partial charge in [0.05, 0.1) is 18.1 Å². The lowest BCUT2D eigenvalue weighted by Gasteiger charge is -2.26. The van der Waals surface area contributed by atoms with Crippen LogP contribution in [-0.2, 0) is 11.2 Å². The van der Waals surface area contributed by atoms with Crippen LogP contribution in [0, 0.1) is 18.3 Å². The lowest BCUT2D eigenvalue weighted by atomic mass is 9.95. The predicted molar refractivity (Wildman–Crippen MR) is 124 cm³/mol. The van der Waals surface area contributed by atoms with E-state index in [9.17, 15) is 0 Å². The van der Waals surface area contributed by atoms with Crippen molar-refractivity contribution in [3.8, 4) is 27.9 Å². The molecule has 168 valence electrons. The van der Waals surface area contributed by atoms with Crippen LogP contribution in [0.15, 0.2) is 28.8 Å². The summed E-state index contributed by atoms with van der Waals surface area (Å²) in [5, 5.41) is 4.27. The van der Waals surface area contributed by atoms with Gasteiger partial charge in [-0.25, -0.2) is 0 Å². The summed E-state index contributed by atoms with van der Waals surface area (Å²) in [6.45, 7) is 12.2. The van der Waals surface area contributed by atoms with E-state index in [0.717, 1.165) is 56.5 Å². The Morgan fingerprint density at radius 3 is 2.75 bits per heavy atom. The van der Waals surface area contributed by atoms with Gasteiger partial charge in [-0.1, -0.05) is 19.0 Å². The standard InChI is InChI=1S/C25H29N3O3S/c1-15-20-18(14-19-21(20)25(19,2)3)22(32-15)24-26-23(27-31-24)16-4-6-17(7-5-16)30-13-10-28-8-11-29-12-9-28/h4-7,19,21H,8-14H2,1-3H3/t19-,21-/m1/s1. The van der Waals surface area contributed by atoms with E-state index in [4.69, 9.17) is 19.0 Å². The zero-order chi connectivity index (χ0) is 21.9. The summed E-state index contributed by atoms with van der Waals surface area (Å²) >= 11 is 1.80. The van der Waals surface area contributed by atoms with Crippen LogP contribution in [0.25, 0.3) is 22.2 Å². The average molecular weight is 452 g/mol. The fraction of sp³-hybridized carbons (Fsp3) is 0.520. The van der Waals surface area contributed by atoms with E-state index in [1.165, 1.54) is 15.3 Å². The van der Waals surface area contributed by atoms with E-state index in [0.29, 0.717) is 29.7 Å². The minimum Gasteiger partial charge on any atom is -0.492 e. The summed E-state index contributed by atoms with van der Waals surface area (Å²) in [5.74, 6) is 3.62. The molecule has 0 amide bonds. The van der Waals surface area contributed by atoms with Crippen LogP contribution in [0.4, 0.5) is 0 Å². The monoisotopic (exact) mass is 451 g/mol. The highest BCUT2D eigenvalue weighted by Crippen LogP contribution is 2.72. The first-order valence-electron chi connectivity index (χ1n) is 11.5. The number of thiophene rings is 1. The van der Waals surface area contributed by atoms with E-state index in [1.54, 1.807) is 16.9 Å². The molecular formula is C25H29N3O3S. The topological polar surface area (TPSA) is 60.6 Å². The van der Waals surface area contributed by atoms with Crippen LogP contribution in [0.2, 0.25) is 0 Å². The van der Waals surface area contributed by atoms with Gasteiger partial charge in [-0.2, -0.15) is 4.98 Å². The molecule has 0 N–H and O–H groups in total. The van der Waals surface area contributed by atoms with E-state index < -0.39 is 0 Å². The normalized spacial score (nSPS) is 23.7. The highest BCUT2D eigenvalue weighted by atomic mass is 32.1. The summed E-state index contributed by atoms with van der Waals surface area (Å²) < 4.78 is 17.0. The van der Waals surface area contributed by atoms with Crippen molar-refractivity contribution in [2.45, 2.75) is 33.1 Å². The van der Waals surface area contributed by atoms with E-state index in [2.05, 4.69) is 30.8 Å². The Hall–Kier alpha value is -2.22. The first kappa shape index (κ1) is 20.4. The number of aromatic nitrogens is 2. The van der Waals surface area contributed by atoms with Crippen molar-refractivity contribution in [3.63, 3.8) is 0 Å². The Balaban J connectivity index is 1.13. The number of ether oxygens (including phenoxy) is 2. The average Bonchev–Trinajstić information content (AvgIpc) is 3.29. The van der Waals surface area contributed by atoms with Crippen LogP contribution in [0.3, 0.4) is 0 Å². The Bertz CT molecular complexity index is 1130. The summed E-state index contributed by atoms with van der Waals surface area (Å²) in [5.41, 5.74) is 4.39. The molecular weight excluding hydrogens is 422 g/mol. The van der Waals surface area contributed by atoms with Crippen molar-refractivity contribution in [3.05, 3.63) is 40.3 Å². The Morgan fingerprint density at radius 1 is 1.19 bits per heavy atom. The second-order valence-corrected chi connectivity index (χ2v) is 11.0. The second kappa shape index (κ2) is 7.68. The van der Waals surface area contributed by atoms with Crippen molar-refractivity contribution in [1.82, 2.24) is 15.0 Å². The third-order valence-electron chi connectivity index (χ3n) is 7.53. The zero-order valence-electron chi connectivity index (χ0n) is 18.9. The second-order valence-electron chi connectivity index (χ2n) is 9.74. The lowest BCUT2D eigenvalue weighted by Crippen LogP contribution is -2.38. The number of aryl methyl sites for hydroxylation is 1. The number of hydrogen-bond acceptors (Lipinski definition) is 7. The van der Waals surface area contributed by atoms with Crippen LogP contribution < -0.4 is 4.74 Å². The van der Waals surface area contributed by atoms with Gasteiger partial charge in [0.25, 0.3) is 5.89 Å². The molecule has 0 bridgehead atoms. The largest absolute Gasteiger partial charge is 0.492 e. The summed E-state index contributed by atoms with van der Waals surface area (Å²) in [4.78, 5) is 9.69. The third-order valence-corrected chi connectivity index (χ3v) is 8.68. The van der Waals surface area contributed by atoms with E-state index in [-0.39, 0.29) is 0 Å². The molecule has 0 radical (unpaired) electrons. The molecule has 32 heavy (non-hydrogen) atoms. The molecule has 1 aliphatic heterocycles. The van der Waals surface area contributed by atoms with Crippen molar-refractivity contribution in [1.29, 1.82) is 0 Å². The number of morpholine rings is 1. The molecule has 3 heterocycles. The number of hydrogen-bond donors (Lipinski definition) is 0. The molecule has 3 aliphatic rings. The maximum atomic E-state index is 5.91. The number of benzene rings is 1. The van der Waals surface area contributed by atoms with Crippen LogP contribution >= 0.6 is 11.3 Å². The molecule has 2 atom stereocenters. The number of nitrogens with zero attached hydrogens (tertiary/aromatic N) is 3. The van der Waals surface area contributed by atoms with Crippen LogP contribution in [-0.4, -0.2) is 54.5 Å².